The Kier molecular flexibility index (Phi) is 2.20. The lowest BCUT2D eigenvalue weighted by Crippen LogP contribution is -2.38. The molecule has 0 unspecified atom stereocenters. The maximum absolute atomic E-state index is 5.95. The second-order valence-corrected chi connectivity index (χ2v) is 4.65. The largest absolute Gasteiger partial charge is 0.615 e. The zero-order valence-corrected chi connectivity index (χ0v) is 10.9. The van der Waals surface area contributed by atoms with Crippen molar-refractivity contribution in [1.29, 1.82) is 0 Å². The summed E-state index contributed by atoms with van der Waals surface area (Å²) in [6, 6.07) is 4.19. The zero-order chi connectivity index (χ0) is 12.9. The van der Waals surface area contributed by atoms with Crippen LogP contribution in [0.5, 0.6) is 0 Å². The molecule has 3 rings (SSSR count). The smallest absolute Gasteiger partial charge is 0.397 e. The lowest BCUT2D eigenvalue weighted by atomic mass is 10.3. The molecule has 0 saturated heterocycles. The molecule has 92 valence electrons. The summed E-state index contributed by atoms with van der Waals surface area (Å²) in [6.07, 6.45) is 8.17. The van der Waals surface area contributed by atoms with Gasteiger partial charge in [0.25, 0.3) is 0 Å². The van der Waals surface area contributed by atoms with Crippen LogP contribution in [-0.2, 0) is 7.05 Å². The van der Waals surface area contributed by atoms with Crippen LogP contribution in [0.4, 0.5) is 5.95 Å². The highest BCUT2D eigenvalue weighted by molar-refractivity contribution is 5.71. The minimum atomic E-state index is 0.819. The van der Waals surface area contributed by atoms with Gasteiger partial charge in [0.1, 0.15) is 12.7 Å². The molecule has 0 atom stereocenters. The SMILES string of the molecule is CC(N)=C1C=CC=[N+]1c1[n+](C)[c-](C)[c-]2ccc[n+]12. The number of imidazole rings is 1. The van der Waals surface area contributed by atoms with Crippen LogP contribution >= 0.6 is 0 Å². The Labute approximate surface area is 106 Å². The van der Waals surface area contributed by atoms with E-state index in [1.807, 2.05) is 25.3 Å². The van der Waals surface area contributed by atoms with E-state index >= 15 is 0 Å². The van der Waals surface area contributed by atoms with Gasteiger partial charge in [-0.05, 0) is 13.8 Å². The van der Waals surface area contributed by atoms with E-state index in [-0.39, 0.29) is 0 Å². The number of aryl methyl sites for hydroxylation is 1. The van der Waals surface area contributed by atoms with Crippen molar-refractivity contribution in [3.8, 4) is 0 Å². The summed E-state index contributed by atoms with van der Waals surface area (Å²) in [5, 5.41) is 0. The van der Waals surface area contributed by atoms with Gasteiger partial charge in [-0.15, -0.1) is 0 Å². The van der Waals surface area contributed by atoms with Gasteiger partial charge in [-0.3, -0.25) is 0 Å². The van der Waals surface area contributed by atoms with Gasteiger partial charge in [-0.2, -0.15) is 21.1 Å². The molecule has 4 nitrogen and oxygen atoms in total. The van der Waals surface area contributed by atoms with Gasteiger partial charge in [-0.1, -0.05) is 4.58 Å². The molecule has 0 spiro atoms. The van der Waals surface area contributed by atoms with E-state index in [1.165, 1.54) is 11.2 Å². The maximum Gasteiger partial charge on any atom is 0.615 e. The first-order valence-corrected chi connectivity index (χ1v) is 6.00. The first-order valence-electron chi connectivity index (χ1n) is 6.00. The molecule has 0 radical (unpaired) electrons. The van der Waals surface area contributed by atoms with Crippen molar-refractivity contribution in [3.63, 3.8) is 0 Å². The highest BCUT2D eigenvalue weighted by atomic mass is 15.3. The van der Waals surface area contributed by atoms with Crippen LogP contribution in [-0.4, -0.2) is 10.8 Å². The Bertz CT molecular complexity index is 718. The standard InChI is InChI=1S/C14H16N4/c1-10(15)12-6-4-8-17(12)14-16(3)11(2)13-7-5-9-18(13)14/h4-9,15H,1-3H3/p+1. The summed E-state index contributed by atoms with van der Waals surface area (Å²) in [5.41, 5.74) is 10.3. The van der Waals surface area contributed by atoms with E-state index in [9.17, 15) is 0 Å². The number of aromatic nitrogens is 2. The Balaban J connectivity index is 2.31. The molecule has 4 heteroatoms. The molecule has 0 aliphatic carbocycles. The number of nitrogens with zero attached hydrogens (tertiary/aromatic N) is 3. The zero-order valence-electron chi connectivity index (χ0n) is 10.9. The predicted octanol–water partition coefficient (Wildman–Crippen LogP) is 0.471. The molecule has 1 aliphatic rings. The normalized spacial score (nSPS) is 17.6. The van der Waals surface area contributed by atoms with Crippen molar-refractivity contribution >= 4 is 17.7 Å². The van der Waals surface area contributed by atoms with Gasteiger partial charge >= 0.3 is 5.95 Å². The van der Waals surface area contributed by atoms with Gasteiger partial charge in [0, 0.05) is 12.2 Å². The molecule has 0 aromatic carbocycles. The monoisotopic (exact) mass is 241 g/mol. The van der Waals surface area contributed by atoms with Crippen molar-refractivity contribution in [3.05, 3.63) is 47.6 Å². The Morgan fingerprint density at radius 1 is 1.39 bits per heavy atom. The third kappa shape index (κ3) is 1.29. The van der Waals surface area contributed by atoms with E-state index in [0.717, 1.165) is 17.3 Å². The third-order valence-electron chi connectivity index (χ3n) is 3.51. The van der Waals surface area contributed by atoms with Crippen LogP contribution in [0.15, 0.2) is 41.9 Å². The summed E-state index contributed by atoms with van der Waals surface area (Å²) < 4.78 is 6.48. The van der Waals surface area contributed by atoms with Crippen molar-refractivity contribution in [2.45, 2.75) is 13.8 Å². The van der Waals surface area contributed by atoms with Crippen LogP contribution < -0.4 is 14.7 Å². The first-order chi connectivity index (χ1) is 8.61. The predicted molar refractivity (Wildman–Crippen MR) is 68.7 cm³/mol. The summed E-state index contributed by atoms with van der Waals surface area (Å²) >= 11 is 0. The van der Waals surface area contributed by atoms with Crippen molar-refractivity contribution in [2.24, 2.45) is 12.8 Å². The molecule has 2 aromatic rings. The third-order valence-corrected chi connectivity index (χ3v) is 3.51. The van der Waals surface area contributed by atoms with Crippen molar-refractivity contribution < 1.29 is 13.5 Å². The molecule has 0 fully saturated rings. The Hall–Kier alpha value is -2.23. The van der Waals surface area contributed by atoms with Crippen LogP contribution in [0.25, 0.3) is 5.52 Å². The Morgan fingerprint density at radius 3 is 2.89 bits per heavy atom. The van der Waals surface area contributed by atoms with Crippen LogP contribution in [0, 0.1) is 6.92 Å². The highest BCUT2D eigenvalue weighted by Gasteiger charge is 2.35. The molecule has 3 heterocycles. The molecule has 2 N–H and O–H groups in total. The van der Waals surface area contributed by atoms with E-state index in [4.69, 9.17) is 5.73 Å². The number of allylic oxidation sites excluding steroid dienone is 3. The molecule has 18 heavy (non-hydrogen) atoms. The van der Waals surface area contributed by atoms with Gasteiger partial charge < -0.3 is 5.73 Å². The molecular weight excluding hydrogens is 224 g/mol. The lowest BCUT2D eigenvalue weighted by molar-refractivity contribution is -0.780. The van der Waals surface area contributed by atoms with E-state index in [0.29, 0.717) is 0 Å². The lowest BCUT2D eigenvalue weighted by Gasteiger charge is -1.96. The molecular formula is C14H17N4+. The highest BCUT2D eigenvalue weighted by Crippen LogP contribution is 2.17. The van der Waals surface area contributed by atoms with Crippen molar-refractivity contribution in [2.75, 3.05) is 0 Å². The second kappa shape index (κ2) is 3.63. The molecule has 2 aromatic heterocycles. The van der Waals surface area contributed by atoms with Crippen molar-refractivity contribution in [1.82, 2.24) is 0 Å². The molecule has 0 bridgehead atoms. The maximum atomic E-state index is 5.95. The average Bonchev–Trinajstić information content (AvgIpc) is 2.99. The minimum Gasteiger partial charge on any atom is -0.397 e. The quantitative estimate of drug-likeness (QED) is 0.572. The number of fused-ring (bicyclic) bond motifs is 1. The molecule has 1 aliphatic heterocycles. The number of hydrogen-bond acceptors (Lipinski definition) is 1. The summed E-state index contributed by atoms with van der Waals surface area (Å²) in [5.74, 6) is 1.09. The fourth-order valence-corrected chi connectivity index (χ4v) is 2.49. The van der Waals surface area contributed by atoms with E-state index < -0.39 is 0 Å². The van der Waals surface area contributed by atoms with Gasteiger partial charge in [0.2, 0.25) is 5.70 Å². The fraction of sp³-hybridized carbons (Fsp3) is 0.214. The molecule has 0 amide bonds. The summed E-state index contributed by atoms with van der Waals surface area (Å²) in [6.45, 7) is 4.05. The number of nitrogens with two attached hydrogens (primary N) is 1. The van der Waals surface area contributed by atoms with Gasteiger partial charge in [-0.25, -0.2) is 0 Å². The van der Waals surface area contributed by atoms with Crippen LogP contribution in [0.2, 0.25) is 0 Å². The Morgan fingerprint density at radius 2 is 2.17 bits per heavy atom. The first kappa shape index (κ1) is 10.9. The van der Waals surface area contributed by atoms with Crippen LogP contribution in [0.3, 0.4) is 0 Å². The second-order valence-electron chi connectivity index (χ2n) is 4.65. The fourth-order valence-electron chi connectivity index (χ4n) is 2.49. The minimum absolute atomic E-state index is 0.819. The number of rotatable bonds is 1. The van der Waals surface area contributed by atoms with E-state index in [2.05, 4.69) is 45.8 Å². The molecule has 0 saturated carbocycles. The summed E-state index contributed by atoms with van der Waals surface area (Å²) in [4.78, 5) is 0. The number of hydrogen-bond donors (Lipinski definition) is 1. The summed E-state index contributed by atoms with van der Waals surface area (Å²) in [7, 11) is 2.08. The van der Waals surface area contributed by atoms with E-state index in [1.54, 1.807) is 0 Å². The van der Waals surface area contributed by atoms with Gasteiger partial charge in [0.05, 0.1) is 17.4 Å². The van der Waals surface area contributed by atoms with Gasteiger partial charge in [0.15, 0.2) is 6.21 Å². The van der Waals surface area contributed by atoms with Crippen LogP contribution in [0.1, 0.15) is 12.6 Å². The average molecular weight is 241 g/mol. The topological polar surface area (TPSA) is 37.0 Å².